The molecule has 1 radical (unpaired) electrons. The van der Waals surface area contributed by atoms with Crippen molar-refractivity contribution < 1.29 is 13.5 Å². The van der Waals surface area contributed by atoms with Gasteiger partial charge in [0.25, 0.3) is 0 Å². The second-order valence-electron chi connectivity index (χ2n) is 8.06. The number of ether oxygens (including phenoxy) is 1. The average Bonchev–Trinajstić information content (AvgIpc) is 2.85. The molecule has 1 N–H and O–H groups in total. The van der Waals surface area contributed by atoms with Gasteiger partial charge in [0.05, 0.1) is 7.11 Å². The topological polar surface area (TPSA) is 33.1 Å². The monoisotopic (exact) mass is 572 g/mol. The highest BCUT2D eigenvalue weighted by molar-refractivity contribution is 9.10. The first-order valence-electron chi connectivity index (χ1n) is 12.2. The molecule has 2 aromatic rings. The third-order valence-corrected chi connectivity index (χ3v) is 6.24. The minimum Gasteiger partial charge on any atom is -0.497 e. The summed E-state index contributed by atoms with van der Waals surface area (Å²) in [6, 6.07) is 11.9. The molecule has 0 saturated carbocycles. The number of unbranched alkanes of at least 4 members (excludes halogenated alkanes) is 1. The molecule has 0 bridgehead atoms. The van der Waals surface area contributed by atoms with Crippen LogP contribution in [0.15, 0.2) is 40.9 Å². The molecule has 0 aliphatic rings. The lowest BCUT2D eigenvalue weighted by molar-refractivity contribution is 0.134. The SMILES string of the molecule is CCC(C)C(=N)c1c(Cl)ccc(Br)c1C.CCCCC(F)F.CCc1ccc(OC)cc1.C[B]C. The Morgan fingerprint density at radius 2 is 1.63 bits per heavy atom. The Labute approximate surface area is 227 Å². The molecular formula is C28H43BBrClF2NO. The molecule has 0 fully saturated rings. The molecule has 0 heterocycles. The lowest BCUT2D eigenvalue weighted by Gasteiger charge is -2.15. The molecule has 1 atom stereocenters. The van der Waals surface area contributed by atoms with Crippen LogP contribution in [-0.4, -0.2) is 26.5 Å². The number of alkyl halides is 2. The molecule has 35 heavy (non-hydrogen) atoms. The summed E-state index contributed by atoms with van der Waals surface area (Å²) in [6.07, 6.45) is 1.53. The highest BCUT2D eigenvalue weighted by atomic mass is 79.9. The van der Waals surface area contributed by atoms with E-state index in [1.165, 1.54) is 5.56 Å². The Kier molecular flexibility index (Phi) is 22.3. The summed E-state index contributed by atoms with van der Waals surface area (Å²) >= 11 is 9.60. The molecular weight excluding hydrogens is 530 g/mol. The van der Waals surface area contributed by atoms with E-state index in [0.29, 0.717) is 17.2 Å². The Bertz CT molecular complexity index is 796. The maximum atomic E-state index is 11.2. The van der Waals surface area contributed by atoms with Crippen molar-refractivity contribution >= 4 is 40.5 Å². The second kappa shape index (κ2) is 21.9. The standard InChI is InChI=1S/C12H15BrClN.C9H12O.C5H10F2.C2H6B/c1-4-7(2)12(15)11-8(3)9(13)5-6-10(11)14;1-3-8-4-6-9(10-2)7-5-8;1-2-3-4-5(6)7;1-3-2/h5-7,15H,4H2,1-3H3;4-7H,3H2,1-2H3;5H,2-4H2,1H3;1-2H3. The fourth-order valence-corrected chi connectivity index (χ4v) is 3.29. The number of hydrogen-bond donors (Lipinski definition) is 1. The molecule has 0 aliphatic carbocycles. The van der Waals surface area contributed by atoms with Crippen LogP contribution in [0.2, 0.25) is 18.7 Å². The van der Waals surface area contributed by atoms with E-state index >= 15 is 0 Å². The Balaban J connectivity index is 0. The van der Waals surface area contributed by atoms with Gasteiger partial charge in [0.15, 0.2) is 0 Å². The molecule has 0 aliphatic heterocycles. The summed E-state index contributed by atoms with van der Waals surface area (Å²) in [4.78, 5) is 0. The first kappa shape index (κ1) is 35.8. The van der Waals surface area contributed by atoms with Gasteiger partial charge in [-0.3, -0.25) is 0 Å². The van der Waals surface area contributed by atoms with Crippen molar-refractivity contribution in [3.63, 3.8) is 0 Å². The first-order chi connectivity index (χ1) is 16.5. The van der Waals surface area contributed by atoms with Crippen molar-refractivity contribution in [1.82, 2.24) is 0 Å². The van der Waals surface area contributed by atoms with Crippen molar-refractivity contribution in [2.45, 2.75) is 86.8 Å². The normalized spacial score (nSPS) is 10.5. The van der Waals surface area contributed by atoms with E-state index < -0.39 is 6.43 Å². The summed E-state index contributed by atoms with van der Waals surface area (Å²) in [5, 5.41) is 8.78. The van der Waals surface area contributed by atoms with Crippen LogP contribution >= 0.6 is 27.5 Å². The Morgan fingerprint density at radius 1 is 1.09 bits per heavy atom. The predicted molar refractivity (Wildman–Crippen MR) is 156 cm³/mol. The van der Waals surface area contributed by atoms with E-state index in [4.69, 9.17) is 21.7 Å². The number of halogens is 4. The van der Waals surface area contributed by atoms with Crippen molar-refractivity contribution in [1.29, 1.82) is 5.41 Å². The number of aryl methyl sites for hydroxylation is 1. The highest BCUT2D eigenvalue weighted by Gasteiger charge is 2.16. The zero-order valence-electron chi connectivity index (χ0n) is 22.7. The Morgan fingerprint density at radius 3 is 2.00 bits per heavy atom. The number of rotatable bonds is 8. The fourth-order valence-electron chi connectivity index (χ4n) is 2.65. The van der Waals surface area contributed by atoms with Gasteiger partial charge in [0, 0.05) is 27.2 Å². The van der Waals surface area contributed by atoms with Gasteiger partial charge in [0.2, 0.25) is 6.43 Å². The zero-order chi connectivity index (χ0) is 27.4. The lowest BCUT2D eigenvalue weighted by atomic mass is 9.88. The van der Waals surface area contributed by atoms with E-state index in [9.17, 15) is 8.78 Å². The molecule has 0 spiro atoms. The molecule has 0 saturated heterocycles. The van der Waals surface area contributed by atoms with Gasteiger partial charge >= 0.3 is 0 Å². The zero-order valence-corrected chi connectivity index (χ0v) is 25.0. The summed E-state index contributed by atoms with van der Waals surface area (Å²) in [5.74, 6) is 1.17. The van der Waals surface area contributed by atoms with Crippen molar-refractivity contribution in [2.24, 2.45) is 5.92 Å². The van der Waals surface area contributed by atoms with Crippen LogP contribution in [0.1, 0.15) is 70.1 Å². The minimum absolute atomic E-state index is 0.0660. The van der Waals surface area contributed by atoms with Gasteiger partial charge in [0.1, 0.15) is 13.0 Å². The molecule has 0 aromatic heterocycles. The van der Waals surface area contributed by atoms with Crippen LogP contribution < -0.4 is 4.74 Å². The maximum absolute atomic E-state index is 11.2. The van der Waals surface area contributed by atoms with E-state index in [1.807, 2.05) is 59.0 Å². The molecule has 1 unspecified atom stereocenters. The van der Waals surface area contributed by atoms with Crippen LogP contribution in [0.3, 0.4) is 0 Å². The van der Waals surface area contributed by atoms with Gasteiger partial charge in [-0.15, -0.1) is 0 Å². The van der Waals surface area contributed by atoms with Crippen LogP contribution in [0.5, 0.6) is 5.75 Å². The molecule has 2 rings (SSSR count). The molecule has 0 amide bonds. The molecule has 7 heteroatoms. The summed E-state index contributed by atoms with van der Waals surface area (Å²) in [7, 11) is 3.68. The van der Waals surface area contributed by atoms with Crippen LogP contribution in [0, 0.1) is 18.3 Å². The first-order valence-corrected chi connectivity index (χ1v) is 13.4. The van der Waals surface area contributed by atoms with Gasteiger partial charge in [-0.2, -0.15) is 0 Å². The smallest absolute Gasteiger partial charge is 0.238 e. The van der Waals surface area contributed by atoms with Crippen LogP contribution in [-0.2, 0) is 6.42 Å². The van der Waals surface area contributed by atoms with Crippen molar-refractivity contribution in [3.8, 4) is 5.75 Å². The molecule has 2 aromatic carbocycles. The van der Waals surface area contributed by atoms with Crippen LogP contribution in [0.25, 0.3) is 0 Å². The number of benzene rings is 2. The van der Waals surface area contributed by atoms with Gasteiger partial charge < -0.3 is 10.1 Å². The molecule has 2 nitrogen and oxygen atoms in total. The fraction of sp³-hybridized carbons (Fsp3) is 0.536. The lowest BCUT2D eigenvalue weighted by Crippen LogP contribution is -2.12. The highest BCUT2D eigenvalue weighted by Crippen LogP contribution is 2.29. The average molecular weight is 574 g/mol. The quantitative estimate of drug-likeness (QED) is 0.247. The minimum atomic E-state index is -2.10. The van der Waals surface area contributed by atoms with E-state index in [0.717, 1.165) is 40.6 Å². The predicted octanol–water partition coefficient (Wildman–Crippen LogP) is 10.3. The summed E-state index contributed by atoms with van der Waals surface area (Å²) in [6.45, 7) is 14.2. The van der Waals surface area contributed by atoms with Crippen molar-refractivity contribution in [2.75, 3.05) is 7.11 Å². The number of nitrogens with one attached hydrogen (secondary N) is 1. The second-order valence-corrected chi connectivity index (χ2v) is 9.33. The Hall–Kier alpha value is -1.40. The summed E-state index contributed by atoms with van der Waals surface area (Å²) < 4.78 is 28.5. The van der Waals surface area contributed by atoms with E-state index in [-0.39, 0.29) is 12.3 Å². The number of methoxy groups -OCH3 is 1. The van der Waals surface area contributed by atoms with E-state index in [1.54, 1.807) is 7.11 Å². The third kappa shape index (κ3) is 16.1. The number of hydrogen-bond acceptors (Lipinski definition) is 2. The van der Waals surface area contributed by atoms with Gasteiger partial charge in [-0.25, -0.2) is 8.78 Å². The van der Waals surface area contributed by atoms with Gasteiger partial charge in [-0.1, -0.05) is 87.4 Å². The molecule has 197 valence electrons. The van der Waals surface area contributed by atoms with Crippen LogP contribution in [0.4, 0.5) is 8.78 Å². The largest absolute Gasteiger partial charge is 0.497 e. The van der Waals surface area contributed by atoms with Gasteiger partial charge in [-0.05, 0) is 67.5 Å². The third-order valence-electron chi connectivity index (χ3n) is 5.07. The summed E-state index contributed by atoms with van der Waals surface area (Å²) in [5.41, 5.74) is 3.90. The van der Waals surface area contributed by atoms with E-state index in [2.05, 4.69) is 48.8 Å². The maximum Gasteiger partial charge on any atom is 0.238 e. The van der Waals surface area contributed by atoms with Crippen molar-refractivity contribution in [3.05, 3.63) is 62.6 Å².